The third kappa shape index (κ3) is 1.59. The number of thioether (sulfide) groups is 1. The maximum absolute atomic E-state index is 10.4. The van der Waals surface area contributed by atoms with Crippen LogP contribution in [0.4, 0.5) is 4.79 Å². The third-order valence-corrected chi connectivity index (χ3v) is 2.09. The summed E-state index contributed by atoms with van der Waals surface area (Å²) in [5, 5.41) is 1.73. The Morgan fingerprint density at radius 1 is 1.89 bits per heavy atom. The Kier molecular flexibility index (Phi) is 1.97. The molecule has 1 amide bonds. The van der Waals surface area contributed by atoms with Gasteiger partial charge >= 0.3 is 0 Å². The molecule has 50 valence electrons. The number of carbonyl (C=O) groups is 2. The lowest BCUT2D eigenvalue weighted by Crippen LogP contribution is -2.31. The molecule has 1 unspecified atom stereocenters. The summed E-state index contributed by atoms with van der Waals surface area (Å²) in [4.78, 5) is 20.7. The quantitative estimate of drug-likeness (QED) is 0.578. The smallest absolute Gasteiger partial charge is 0.279 e. The largest absolute Gasteiger partial charge is 0.335 e. The monoisotopic (exact) mass is 165 g/mol. The van der Waals surface area contributed by atoms with E-state index in [1.165, 1.54) is 0 Å². The van der Waals surface area contributed by atoms with Crippen molar-refractivity contribution in [1.29, 1.82) is 0 Å². The molecule has 1 fully saturated rings. The Bertz CT molecular complexity index is 161. The van der Waals surface area contributed by atoms with Crippen LogP contribution in [0, 0.1) is 0 Å². The maximum Gasteiger partial charge on any atom is 0.279 e. The number of hydrogen-bond donors (Lipinski definition) is 1. The van der Waals surface area contributed by atoms with Gasteiger partial charge in [0, 0.05) is 5.75 Å². The summed E-state index contributed by atoms with van der Waals surface area (Å²) >= 11 is 6.16. The summed E-state index contributed by atoms with van der Waals surface area (Å²) in [5.41, 5.74) is 0. The normalized spacial score (nSPS) is 25.9. The number of carbonyl (C=O) groups excluding carboxylic acids is 2. The molecule has 1 heterocycles. The van der Waals surface area contributed by atoms with Gasteiger partial charge in [0.1, 0.15) is 6.04 Å². The Balaban J connectivity index is 2.48. The molecule has 1 atom stereocenters. The van der Waals surface area contributed by atoms with E-state index in [4.69, 9.17) is 11.6 Å². The van der Waals surface area contributed by atoms with E-state index in [0.29, 0.717) is 5.75 Å². The van der Waals surface area contributed by atoms with Crippen LogP contribution in [0.15, 0.2) is 0 Å². The molecule has 3 nitrogen and oxygen atoms in total. The van der Waals surface area contributed by atoms with E-state index in [-0.39, 0.29) is 5.24 Å². The number of hydrogen-bond acceptors (Lipinski definition) is 3. The number of halogens is 1. The van der Waals surface area contributed by atoms with Crippen molar-refractivity contribution in [3.05, 3.63) is 0 Å². The predicted octanol–water partition coefficient (Wildman–Crippen LogP) is 0.577. The van der Waals surface area contributed by atoms with E-state index in [2.05, 4.69) is 5.32 Å². The van der Waals surface area contributed by atoms with E-state index < -0.39 is 11.3 Å². The molecule has 0 saturated carbocycles. The highest BCUT2D eigenvalue weighted by atomic mass is 35.5. The molecule has 1 aliphatic rings. The summed E-state index contributed by atoms with van der Waals surface area (Å²) in [7, 11) is 0. The fourth-order valence-corrected chi connectivity index (χ4v) is 1.51. The van der Waals surface area contributed by atoms with Crippen LogP contribution in [0.1, 0.15) is 0 Å². The van der Waals surface area contributed by atoms with Crippen molar-refractivity contribution < 1.29 is 9.59 Å². The minimum Gasteiger partial charge on any atom is -0.335 e. The minimum absolute atomic E-state index is 0.172. The highest BCUT2D eigenvalue weighted by Crippen LogP contribution is 2.14. The summed E-state index contributed by atoms with van der Waals surface area (Å²) in [6.45, 7) is 0. The average Bonchev–Trinajstić information content (AvgIpc) is 2.14. The Morgan fingerprint density at radius 2 is 2.56 bits per heavy atom. The van der Waals surface area contributed by atoms with Crippen molar-refractivity contribution in [3.63, 3.8) is 0 Å². The molecule has 0 aromatic carbocycles. The molecule has 0 radical (unpaired) electrons. The first kappa shape index (κ1) is 6.89. The lowest BCUT2D eigenvalue weighted by atomic mass is 10.4. The van der Waals surface area contributed by atoms with Crippen molar-refractivity contribution in [3.8, 4) is 0 Å². The molecule has 1 N–H and O–H groups in total. The van der Waals surface area contributed by atoms with Gasteiger partial charge in [-0.15, -0.1) is 0 Å². The average molecular weight is 166 g/mol. The zero-order valence-electron chi connectivity index (χ0n) is 4.39. The van der Waals surface area contributed by atoms with Crippen molar-refractivity contribution in [2.24, 2.45) is 0 Å². The van der Waals surface area contributed by atoms with Gasteiger partial charge in [0.05, 0.1) is 0 Å². The van der Waals surface area contributed by atoms with Gasteiger partial charge in [0.25, 0.3) is 5.24 Å². The zero-order valence-corrected chi connectivity index (χ0v) is 5.96. The number of amides is 1. The topological polar surface area (TPSA) is 46.2 Å². The fourth-order valence-electron chi connectivity index (χ4n) is 0.507. The van der Waals surface area contributed by atoms with Gasteiger partial charge in [0.2, 0.25) is 5.24 Å². The van der Waals surface area contributed by atoms with Crippen LogP contribution in [0.2, 0.25) is 0 Å². The minimum atomic E-state index is -0.492. The highest BCUT2D eigenvalue weighted by molar-refractivity contribution is 8.14. The predicted molar refractivity (Wildman–Crippen MR) is 35.6 cm³/mol. The fraction of sp³-hybridized carbons (Fsp3) is 0.500. The second-order valence-corrected chi connectivity index (χ2v) is 2.96. The van der Waals surface area contributed by atoms with Gasteiger partial charge in [-0.1, -0.05) is 11.8 Å². The van der Waals surface area contributed by atoms with E-state index in [1.807, 2.05) is 0 Å². The third-order valence-electron chi connectivity index (χ3n) is 0.947. The standard InChI is InChI=1S/C4H4ClNO2S/c5-3(7)2-1-9-4(8)6-2/h2H,1H2,(H,6,8). The van der Waals surface area contributed by atoms with Crippen molar-refractivity contribution in [2.75, 3.05) is 5.75 Å². The molecule has 0 spiro atoms. The van der Waals surface area contributed by atoms with Gasteiger partial charge in [-0.2, -0.15) is 0 Å². The lowest BCUT2D eigenvalue weighted by molar-refractivity contribution is -0.112. The van der Waals surface area contributed by atoms with E-state index >= 15 is 0 Å². The Hall–Kier alpha value is -0.220. The van der Waals surface area contributed by atoms with Gasteiger partial charge in [-0.3, -0.25) is 9.59 Å². The van der Waals surface area contributed by atoms with Gasteiger partial charge < -0.3 is 5.32 Å². The molecule has 0 bridgehead atoms. The molecule has 0 aromatic rings. The van der Waals surface area contributed by atoms with Crippen LogP contribution in [0.3, 0.4) is 0 Å². The van der Waals surface area contributed by atoms with Gasteiger partial charge in [-0.05, 0) is 11.6 Å². The Morgan fingerprint density at radius 3 is 2.78 bits per heavy atom. The molecule has 0 aliphatic carbocycles. The van der Waals surface area contributed by atoms with Crippen LogP contribution in [0.5, 0.6) is 0 Å². The van der Waals surface area contributed by atoms with Gasteiger partial charge in [-0.25, -0.2) is 0 Å². The highest BCUT2D eigenvalue weighted by Gasteiger charge is 2.26. The van der Waals surface area contributed by atoms with Crippen molar-refractivity contribution in [1.82, 2.24) is 5.32 Å². The molecule has 1 aliphatic heterocycles. The molecule has 0 aromatic heterocycles. The SMILES string of the molecule is O=C1NC(C(=O)Cl)CS1. The van der Waals surface area contributed by atoms with E-state index in [0.717, 1.165) is 11.8 Å². The Labute approximate surface area is 61.1 Å². The van der Waals surface area contributed by atoms with E-state index in [1.54, 1.807) is 0 Å². The van der Waals surface area contributed by atoms with Crippen LogP contribution in [0.25, 0.3) is 0 Å². The summed E-state index contributed by atoms with van der Waals surface area (Å²) in [6, 6.07) is -0.468. The summed E-state index contributed by atoms with van der Waals surface area (Å²) in [6.07, 6.45) is 0. The molecule has 5 heteroatoms. The zero-order chi connectivity index (χ0) is 6.85. The molecule has 1 saturated heterocycles. The number of rotatable bonds is 1. The van der Waals surface area contributed by atoms with Crippen LogP contribution < -0.4 is 5.32 Å². The number of nitrogens with one attached hydrogen (secondary N) is 1. The van der Waals surface area contributed by atoms with Crippen LogP contribution in [-0.4, -0.2) is 22.3 Å². The van der Waals surface area contributed by atoms with Crippen LogP contribution >= 0.6 is 23.4 Å². The first-order valence-electron chi connectivity index (χ1n) is 2.33. The summed E-state index contributed by atoms with van der Waals surface area (Å²) < 4.78 is 0. The van der Waals surface area contributed by atoms with Crippen molar-refractivity contribution >= 4 is 33.8 Å². The second kappa shape index (κ2) is 2.58. The first-order valence-corrected chi connectivity index (χ1v) is 3.69. The molecular formula is C4H4ClNO2S. The second-order valence-electron chi connectivity index (χ2n) is 1.60. The first-order chi connectivity index (χ1) is 4.20. The molecular weight excluding hydrogens is 162 g/mol. The molecule has 9 heavy (non-hydrogen) atoms. The maximum atomic E-state index is 10.4. The van der Waals surface area contributed by atoms with E-state index in [9.17, 15) is 9.59 Å². The summed E-state index contributed by atoms with van der Waals surface area (Å²) in [5.74, 6) is 0.459. The van der Waals surface area contributed by atoms with Crippen molar-refractivity contribution in [2.45, 2.75) is 6.04 Å². The molecule has 1 rings (SSSR count). The van der Waals surface area contributed by atoms with Crippen LogP contribution in [-0.2, 0) is 4.79 Å². The lowest BCUT2D eigenvalue weighted by Gasteiger charge is -1.98. The van der Waals surface area contributed by atoms with Gasteiger partial charge in [0.15, 0.2) is 0 Å².